The number of ether oxygens (including phenoxy) is 1. The average molecular weight is 256 g/mol. The first kappa shape index (κ1) is 13.5. The maximum absolute atomic E-state index is 11.3. The predicted molar refractivity (Wildman–Crippen MR) is 67.8 cm³/mol. The summed E-state index contributed by atoms with van der Waals surface area (Å²) in [7, 11) is -1.70. The lowest BCUT2D eigenvalue weighted by atomic mass is 10.2. The first-order valence-electron chi connectivity index (χ1n) is 5.24. The number of sulfonamides is 1. The van der Waals surface area contributed by atoms with Crippen molar-refractivity contribution < 1.29 is 13.2 Å². The second kappa shape index (κ2) is 6.24. The van der Waals surface area contributed by atoms with Crippen LogP contribution in [0.15, 0.2) is 29.4 Å². The van der Waals surface area contributed by atoms with Gasteiger partial charge in [-0.3, -0.25) is 0 Å². The van der Waals surface area contributed by atoms with Crippen LogP contribution in [0.25, 0.3) is 0 Å². The fourth-order valence-electron chi connectivity index (χ4n) is 1.19. The van der Waals surface area contributed by atoms with Crippen molar-refractivity contribution in [2.24, 2.45) is 5.10 Å². The average Bonchev–Trinajstić information content (AvgIpc) is 2.29. The van der Waals surface area contributed by atoms with Crippen LogP contribution in [0.4, 0.5) is 0 Å². The van der Waals surface area contributed by atoms with Crippen molar-refractivity contribution in [3.05, 3.63) is 29.8 Å². The zero-order valence-corrected chi connectivity index (χ0v) is 10.7. The summed E-state index contributed by atoms with van der Waals surface area (Å²) >= 11 is 0. The number of hydrogen-bond donors (Lipinski definition) is 1. The molecule has 0 amide bonds. The van der Waals surface area contributed by atoms with E-state index in [1.165, 1.54) is 6.21 Å². The number of benzene rings is 1. The van der Waals surface area contributed by atoms with Gasteiger partial charge in [-0.15, -0.1) is 0 Å². The highest BCUT2D eigenvalue weighted by molar-refractivity contribution is 7.89. The van der Waals surface area contributed by atoms with Gasteiger partial charge >= 0.3 is 0 Å². The monoisotopic (exact) mass is 256 g/mol. The molecule has 0 radical (unpaired) electrons. The Morgan fingerprint density at radius 3 is 2.53 bits per heavy atom. The molecule has 0 atom stereocenters. The van der Waals surface area contributed by atoms with E-state index in [2.05, 4.69) is 9.93 Å². The van der Waals surface area contributed by atoms with Gasteiger partial charge in [-0.25, -0.2) is 13.2 Å². The van der Waals surface area contributed by atoms with Gasteiger partial charge in [0.25, 0.3) is 0 Å². The molecule has 17 heavy (non-hydrogen) atoms. The summed E-state index contributed by atoms with van der Waals surface area (Å²) in [5.41, 5.74) is 0.796. The van der Waals surface area contributed by atoms with Crippen LogP contribution < -0.4 is 9.57 Å². The summed E-state index contributed by atoms with van der Waals surface area (Å²) in [5, 5.41) is 3.68. The van der Waals surface area contributed by atoms with E-state index < -0.39 is 10.0 Å². The van der Waals surface area contributed by atoms with E-state index in [0.29, 0.717) is 6.42 Å². The maximum Gasteiger partial charge on any atom is 0.247 e. The number of methoxy groups -OCH3 is 1. The van der Waals surface area contributed by atoms with E-state index >= 15 is 0 Å². The predicted octanol–water partition coefficient (Wildman–Crippen LogP) is 1.36. The minimum Gasteiger partial charge on any atom is -0.497 e. The van der Waals surface area contributed by atoms with Crippen LogP contribution in [-0.2, 0) is 10.0 Å². The van der Waals surface area contributed by atoms with Gasteiger partial charge in [-0.2, -0.15) is 5.10 Å². The van der Waals surface area contributed by atoms with E-state index in [-0.39, 0.29) is 5.75 Å². The Hall–Kier alpha value is -1.56. The number of nitrogens with zero attached hydrogens (tertiary/aromatic N) is 1. The molecule has 0 saturated carbocycles. The molecule has 0 aliphatic rings. The summed E-state index contributed by atoms with van der Waals surface area (Å²) < 4.78 is 27.6. The Kier molecular flexibility index (Phi) is 4.96. The fourth-order valence-corrected chi connectivity index (χ4v) is 2.03. The standard InChI is InChI=1S/C11H16N2O3S/c1-3-8-17(14,15)13-12-9-10-4-6-11(16-2)7-5-10/h4-7,9,13H,3,8H2,1-2H3. The van der Waals surface area contributed by atoms with Crippen molar-refractivity contribution in [1.82, 2.24) is 4.83 Å². The first-order chi connectivity index (χ1) is 8.07. The SMILES string of the molecule is CCCS(=O)(=O)NN=Cc1ccc(OC)cc1. The summed E-state index contributed by atoms with van der Waals surface area (Å²) in [6, 6.07) is 7.14. The molecule has 0 fully saturated rings. The molecule has 0 unspecified atom stereocenters. The molecule has 0 aromatic heterocycles. The molecule has 6 heteroatoms. The summed E-state index contributed by atoms with van der Waals surface area (Å²) in [6.07, 6.45) is 2.01. The Bertz CT molecular complexity index is 466. The Morgan fingerprint density at radius 2 is 2.00 bits per heavy atom. The van der Waals surface area contributed by atoms with E-state index in [1.807, 2.05) is 0 Å². The van der Waals surface area contributed by atoms with Gasteiger partial charge in [0.1, 0.15) is 5.75 Å². The van der Waals surface area contributed by atoms with Gasteiger partial charge in [-0.1, -0.05) is 6.92 Å². The first-order valence-corrected chi connectivity index (χ1v) is 6.89. The lowest BCUT2D eigenvalue weighted by Gasteiger charge is -2.01. The van der Waals surface area contributed by atoms with Crippen LogP contribution in [0, 0.1) is 0 Å². The minimum absolute atomic E-state index is 0.0763. The topological polar surface area (TPSA) is 67.8 Å². The van der Waals surface area contributed by atoms with Crippen molar-refractivity contribution in [3.63, 3.8) is 0 Å². The van der Waals surface area contributed by atoms with Gasteiger partial charge < -0.3 is 4.74 Å². The molecule has 1 aromatic carbocycles. The van der Waals surface area contributed by atoms with Crippen molar-refractivity contribution in [2.75, 3.05) is 12.9 Å². The van der Waals surface area contributed by atoms with Crippen LogP contribution in [0.2, 0.25) is 0 Å². The van der Waals surface area contributed by atoms with Gasteiger partial charge in [0.15, 0.2) is 0 Å². The van der Waals surface area contributed by atoms with E-state index in [1.54, 1.807) is 38.3 Å². The summed E-state index contributed by atoms with van der Waals surface area (Å²) in [5.74, 6) is 0.821. The zero-order chi connectivity index (χ0) is 12.7. The van der Waals surface area contributed by atoms with Crippen molar-refractivity contribution >= 4 is 16.2 Å². The molecule has 0 aliphatic carbocycles. The van der Waals surface area contributed by atoms with Crippen LogP contribution in [0.3, 0.4) is 0 Å². The second-order valence-corrected chi connectivity index (χ2v) is 5.26. The molecule has 1 aromatic rings. The fraction of sp³-hybridized carbons (Fsp3) is 0.364. The van der Waals surface area contributed by atoms with Crippen LogP contribution in [-0.4, -0.2) is 27.5 Å². The van der Waals surface area contributed by atoms with E-state index in [0.717, 1.165) is 11.3 Å². The molecule has 0 heterocycles. The summed E-state index contributed by atoms with van der Waals surface area (Å²) in [6.45, 7) is 1.80. The Labute approximate surface area is 102 Å². The third-order valence-corrected chi connectivity index (χ3v) is 3.32. The van der Waals surface area contributed by atoms with Crippen molar-refractivity contribution in [2.45, 2.75) is 13.3 Å². The van der Waals surface area contributed by atoms with E-state index in [9.17, 15) is 8.42 Å². The Morgan fingerprint density at radius 1 is 1.35 bits per heavy atom. The smallest absolute Gasteiger partial charge is 0.247 e. The zero-order valence-electron chi connectivity index (χ0n) is 9.88. The van der Waals surface area contributed by atoms with Crippen molar-refractivity contribution in [1.29, 1.82) is 0 Å². The number of rotatable bonds is 6. The van der Waals surface area contributed by atoms with E-state index in [4.69, 9.17) is 4.74 Å². The third-order valence-electron chi connectivity index (χ3n) is 1.99. The molecular formula is C11H16N2O3S. The largest absolute Gasteiger partial charge is 0.497 e. The van der Waals surface area contributed by atoms with Crippen molar-refractivity contribution in [3.8, 4) is 5.75 Å². The number of nitrogens with one attached hydrogen (secondary N) is 1. The van der Waals surface area contributed by atoms with Crippen LogP contribution in [0.5, 0.6) is 5.75 Å². The van der Waals surface area contributed by atoms with Gasteiger partial charge in [0, 0.05) is 0 Å². The highest BCUT2D eigenvalue weighted by atomic mass is 32.2. The molecular weight excluding hydrogens is 240 g/mol. The lowest BCUT2D eigenvalue weighted by molar-refractivity contribution is 0.415. The summed E-state index contributed by atoms with van der Waals surface area (Å²) in [4.78, 5) is 2.15. The Balaban J connectivity index is 2.59. The number of hydrazone groups is 1. The molecule has 0 bridgehead atoms. The van der Waals surface area contributed by atoms with Crippen LogP contribution in [0.1, 0.15) is 18.9 Å². The quantitative estimate of drug-likeness (QED) is 0.617. The number of hydrogen-bond acceptors (Lipinski definition) is 4. The molecule has 1 rings (SSSR count). The molecule has 94 valence electrons. The van der Waals surface area contributed by atoms with Gasteiger partial charge in [0.2, 0.25) is 10.0 Å². The maximum atomic E-state index is 11.3. The normalized spacial score (nSPS) is 11.6. The second-order valence-electron chi connectivity index (χ2n) is 3.44. The highest BCUT2D eigenvalue weighted by Crippen LogP contribution is 2.09. The van der Waals surface area contributed by atoms with Gasteiger partial charge in [-0.05, 0) is 36.2 Å². The molecule has 0 saturated heterocycles. The van der Waals surface area contributed by atoms with Gasteiger partial charge in [0.05, 0.1) is 19.1 Å². The minimum atomic E-state index is -3.29. The van der Waals surface area contributed by atoms with Crippen LogP contribution >= 0.6 is 0 Å². The molecule has 1 N–H and O–H groups in total. The third kappa shape index (κ3) is 4.86. The molecule has 5 nitrogen and oxygen atoms in total. The molecule has 0 aliphatic heterocycles. The molecule has 0 spiro atoms. The lowest BCUT2D eigenvalue weighted by Crippen LogP contribution is -2.21. The highest BCUT2D eigenvalue weighted by Gasteiger charge is 2.04.